The Labute approximate surface area is 183 Å². The molecule has 6 nitrogen and oxygen atoms in total. The van der Waals surface area contributed by atoms with Crippen molar-refractivity contribution in [1.82, 2.24) is 16.0 Å². The minimum absolute atomic E-state index is 0.116. The number of carbonyl (C=O) groups excluding carboxylic acids is 1. The number of benzene rings is 2. The molecule has 0 spiro atoms. The molecule has 1 amide bonds. The highest BCUT2D eigenvalue weighted by Crippen LogP contribution is 2.30. The predicted molar refractivity (Wildman–Crippen MR) is 121 cm³/mol. The zero-order valence-electron chi connectivity index (χ0n) is 18.4. The van der Waals surface area contributed by atoms with Crippen LogP contribution < -0.4 is 20.7 Å². The first kappa shape index (κ1) is 22.6. The molecule has 2 aromatic rings. The van der Waals surface area contributed by atoms with Crippen LogP contribution in [0.3, 0.4) is 0 Å². The maximum atomic E-state index is 14.4. The normalized spacial score (nSPS) is 14.6. The van der Waals surface area contributed by atoms with E-state index in [1.54, 1.807) is 25.2 Å². The van der Waals surface area contributed by atoms with E-state index in [0.717, 1.165) is 11.1 Å². The third kappa shape index (κ3) is 6.70. The van der Waals surface area contributed by atoms with Gasteiger partial charge in [0, 0.05) is 19.2 Å². The number of nitrogens with one attached hydrogen (secondary N) is 3. The summed E-state index contributed by atoms with van der Waals surface area (Å²) in [6.45, 7) is 5.70. The lowest BCUT2D eigenvalue weighted by molar-refractivity contribution is 0.0963. The average molecular weight is 427 g/mol. The second-order valence-corrected chi connectivity index (χ2v) is 7.78. The van der Waals surface area contributed by atoms with Crippen LogP contribution in [0.1, 0.15) is 54.2 Å². The Bertz CT molecular complexity index is 910. The summed E-state index contributed by atoms with van der Waals surface area (Å²) in [4.78, 5) is 16.3. The lowest BCUT2D eigenvalue weighted by atomic mass is 10.1. The molecule has 0 aromatic heterocycles. The van der Waals surface area contributed by atoms with Crippen LogP contribution in [-0.4, -0.2) is 32.1 Å². The van der Waals surface area contributed by atoms with E-state index >= 15 is 0 Å². The van der Waals surface area contributed by atoms with E-state index in [9.17, 15) is 9.18 Å². The third-order valence-corrected chi connectivity index (χ3v) is 5.19. The molecule has 0 saturated heterocycles. The first-order chi connectivity index (χ1) is 15.0. The molecule has 3 rings (SSSR count). The molecule has 0 heterocycles. The van der Waals surface area contributed by atoms with Gasteiger partial charge in [0.25, 0.3) is 5.91 Å². The Morgan fingerprint density at radius 1 is 1.23 bits per heavy atom. The Hall–Kier alpha value is -3.09. The van der Waals surface area contributed by atoms with Gasteiger partial charge in [-0.25, -0.2) is 9.38 Å². The summed E-state index contributed by atoms with van der Waals surface area (Å²) in [7, 11) is 1.61. The van der Waals surface area contributed by atoms with E-state index in [0.29, 0.717) is 42.9 Å². The van der Waals surface area contributed by atoms with Crippen LogP contribution in [0.4, 0.5) is 4.39 Å². The van der Waals surface area contributed by atoms with Crippen LogP contribution >= 0.6 is 0 Å². The van der Waals surface area contributed by atoms with Crippen molar-refractivity contribution in [2.75, 3.05) is 20.2 Å². The molecule has 1 saturated carbocycles. The Morgan fingerprint density at radius 2 is 1.97 bits per heavy atom. The van der Waals surface area contributed by atoms with Gasteiger partial charge in [-0.2, -0.15) is 0 Å². The number of amides is 1. The summed E-state index contributed by atoms with van der Waals surface area (Å²) in [5.74, 6) is 1.07. The molecule has 1 aliphatic carbocycles. The molecule has 1 aliphatic rings. The lowest BCUT2D eigenvalue weighted by Crippen LogP contribution is -2.38. The van der Waals surface area contributed by atoms with Crippen LogP contribution in [0.25, 0.3) is 0 Å². The van der Waals surface area contributed by atoms with Crippen LogP contribution in [0.2, 0.25) is 0 Å². The fourth-order valence-electron chi connectivity index (χ4n) is 3.08. The number of rotatable bonds is 9. The molecule has 1 atom stereocenters. The molecule has 2 aromatic carbocycles. The summed E-state index contributed by atoms with van der Waals surface area (Å²) in [5.41, 5.74) is 2.41. The van der Waals surface area contributed by atoms with Gasteiger partial charge < -0.3 is 20.7 Å². The number of hydrogen-bond donors (Lipinski definition) is 3. The van der Waals surface area contributed by atoms with Crippen molar-refractivity contribution in [3.05, 3.63) is 65.0 Å². The average Bonchev–Trinajstić information content (AvgIpc) is 3.61. The third-order valence-electron chi connectivity index (χ3n) is 5.19. The largest absolute Gasteiger partial charge is 0.490 e. The number of nitrogens with zero attached hydrogens (tertiary/aromatic N) is 1. The molecule has 0 bridgehead atoms. The molecule has 0 radical (unpaired) electrons. The molecule has 3 N–H and O–H groups in total. The fourth-order valence-corrected chi connectivity index (χ4v) is 3.08. The SMILES string of the molecule is CCNC(=NCc1ccc(C(=O)NC)cc1)NC(C)c1ccc(OCC2CC2)c(F)c1. The molecule has 166 valence electrons. The summed E-state index contributed by atoms with van der Waals surface area (Å²) in [5, 5.41) is 9.14. The summed E-state index contributed by atoms with van der Waals surface area (Å²) < 4.78 is 20.0. The Balaban J connectivity index is 1.61. The zero-order chi connectivity index (χ0) is 22.2. The second kappa shape index (κ2) is 10.8. The summed E-state index contributed by atoms with van der Waals surface area (Å²) in [6.07, 6.45) is 2.34. The maximum absolute atomic E-state index is 14.4. The number of aliphatic imine (C=N–C) groups is 1. The van der Waals surface area contributed by atoms with E-state index in [4.69, 9.17) is 4.74 Å². The first-order valence-corrected chi connectivity index (χ1v) is 10.8. The van der Waals surface area contributed by atoms with E-state index in [1.165, 1.54) is 18.9 Å². The molecule has 0 aliphatic heterocycles. The summed E-state index contributed by atoms with van der Waals surface area (Å²) in [6, 6.07) is 12.3. The van der Waals surface area contributed by atoms with Crippen molar-refractivity contribution in [2.45, 2.75) is 39.3 Å². The number of halogens is 1. The monoisotopic (exact) mass is 426 g/mol. The Kier molecular flexibility index (Phi) is 7.87. The minimum atomic E-state index is -0.343. The van der Waals surface area contributed by atoms with Gasteiger partial charge in [0.2, 0.25) is 0 Å². The lowest BCUT2D eigenvalue weighted by Gasteiger charge is -2.19. The van der Waals surface area contributed by atoms with Crippen molar-refractivity contribution in [3.8, 4) is 5.75 Å². The number of ether oxygens (including phenoxy) is 1. The second-order valence-electron chi connectivity index (χ2n) is 7.78. The zero-order valence-corrected chi connectivity index (χ0v) is 18.4. The number of hydrogen-bond acceptors (Lipinski definition) is 3. The van der Waals surface area contributed by atoms with Crippen LogP contribution in [-0.2, 0) is 6.54 Å². The highest BCUT2D eigenvalue weighted by atomic mass is 19.1. The quantitative estimate of drug-likeness (QED) is 0.421. The van der Waals surface area contributed by atoms with Gasteiger partial charge in [-0.3, -0.25) is 4.79 Å². The van der Waals surface area contributed by atoms with Crippen molar-refractivity contribution in [2.24, 2.45) is 10.9 Å². The minimum Gasteiger partial charge on any atom is -0.490 e. The van der Waals surface area contributed by atoms with Crippen molar-refractivity contribution < 1.29 is 13.9 Å². The first-order valence-electron chi connectivity index (χ1n) is 10.8. The smallest absolute Gasteiger partial charge is 0.251 e. The molecule has 1 unspecified atom stereocenters. The molecular weight excluding hydrogens is 395 g/mol. The standard InChI is InChI=1S/C24H31FN4O2/c1-4-27-24(28-14-17-7-9-19(10-8-17)23(30)26-3)29-16(2)20-11-12-22(21(25)13-20)31-15-18-5-6-18/h7-13,16,18H,4-6,14-15H2,1-3H3,(H,26,30)(H2,27,28,29). The molecule has 7 heteroatoms. The topological polar surface area (TPSA) is 74.8 Å². The fraction of sp³-hybridized carbons (Fsp3) is 0.417. The molecular formula is C24H31FN4O2. The van der Waals surface area contributed by atoms with E-state index in [-0.39, 0.29) is 17.8 Å². The highest BCUT2D eigenvalue weighted by Gasteiger charge is 2.22. The molecule has 1 fully saturated rings. The van der Waals surface area contributed by atoms with Gasteiger partial charge >= 0.3 is 0 Å². The van der Waals surface area contributed by atoms with Gasteiger partial charge in [-0.05, 0) is 68.0 Å². The van der Waals surface area contributed by atoms with Crippen LogP contribution in [0.5, 0.6) is 5.75 Å². The van der Waals surface area contributed by atoms with Gasteiger partial charge in [-0.15, -0.1) is 0 Å². The van der Waals surface area contributed by atoms with Gasteiger partial charge in [0.05, 0.1) is 19.2 Å². The van der Waals surface area contributed by atoms with Gasteiger partial charge in [0.1, 0.15) is 0 Å². The van der Waals surface area contributed by atoms with Crippen LogP contribution in [0.15, 0.2) is 47.5 Å². The number of guanidine groups is 1. The number of carbonyl (C=O) groups is 1. The highest BCUT2D eigenvalue weighted by molar-refractivity contribution is 5.93. The molecule has 31 heavy (non-hydrogen) atoms. The van der Waals surface area contributed by atoms with Crippen molar-refractivity contribution >= 4 is 11.9 Å². The van der Waals surface area contributed by atoms with E-state index < -0.39 is 0 Å². The Morgan fingerprint density at radius 3 is 2.58 bits per heavy atom. The van der Waals surface area contributed by atoms with Gasteiger partial charge in [0.15, 0.2) is 17.5 Å². The maximum Gasteiger partial charge on any atom is 0.251 e. The van der Waals surface area contributed by atoms with Crippen molar-refractivity contribution in [3.63, 3.8) is 0 Å². The predicted octanol–water partition coefficient (Wildman–Crippen LogP) is 3.79. The van der Waals surface area contributed by atoms with Gasteiger partial charge in [-0.1, -0.05) is 18.2 Å². The van der Waals surface area contributed by atoms with Crippen molar-refractivity contribution in [1.29, 1.82) is 0 Å². The van der Waals surface area contributed by atoms with Crippen LogP contribution in [0, 0.1) is 11.7 Å². The van der Waals surface area contributed by atoms with E-state index in [2.05, 4.69) is 20.9 Å². The summed E-state index contributed by atoms with van der Waals surface area (Å²) >= 11 is 0. The van der Waals surface area contributed by atoms with E-state index in [1.807, 2.05) is 32.0 Å².